The quantitative estimate of drug-likeness (QED) is 0.777. The fourth-order valence-corrected chi connectivity index (χ4v) is 4.41. The lowest BCUT2D eigenvalue weighted by atomic mass is 9.72. The Morgan fingerprint density at radius 1 is 1.10 bits per heavy atom. The van der Waals surface area contributed by atoms with Crippen LogP contribution in [0.1, 0.15) is 73.1 Å². The molecule has 1 aliphatic rings. The lowest BCUT2D eigenvalue weighted by Crippen LogP contribution is -2.40. The summed E-state index contributed by atoms with van der Waals surface area (Å²) in [5.74, 6) is 0.976. The highest BCUT2D eigenvalue weighted by Gasteiger charge is 2.36. The Balaban J connectivity index is 2.66. The predicted molar refractivity (Wildman–Crippen MR) is 91.4 cm³/mol. The van der Waals surface area contributed by atoms with Crippen molar-refractivity contribution >= 4 is 9.84 Å². The zero-order valence-electron chi connectivity index (χ0n) is 14.7. The summed E-state index contributed by atoms with van der Waals surface area (Å²) in [6, 6.07) is 0. The third-order valence-corrected chi connectivity index (χ3v) is 7.41. The van der Waals surface area contributed by atoms with Crippen LogP contribution in [-0.4, -0.2) is 32.0 Å². The summed E-state index contributed by atoms with van der Waals surface area (Å²) in [7, 11) is -3.00. The molecule has 0 aromatic rings. The Morgan fingerprint density at radius 2 is 1.67 bits per heavy atom. The van der Waals surface area contributed by atoms with Crippen molar-refractivity contribution in [3.8, 4) is 0 Å². The molecule has 0 aromatic heterocycles. The molecule has 0 aliphatic heterocycles. The van der Waals surface area contributed by atoms with E-state index in [1.165, 1.54) is 32.1 Å². The number of hydrogen-bond acceptors (Lipinski definition) is 3. The van der Waals surface area contributed by atoms with Crippen LogP contribution in [0.25, 0.3) is 0 Å². The lowest BCUT2D eigenvalue weighted by molar-refractivity contribution is 0.173. The molecule has 1 fully saturated rings. The van der Waals surface area contributed by atoms with E-state index in [9.17, 15) is 8.42 Å². The SMILES string of the molecule is CC(C)CNCC1(CCS(=O)(=O)C(C)(C)C)CCCCC1. The molecule has 126 valence electrons. The van der Waals surface area contributed by atoms with E-state index in [1.54, 1.807) is 0 Å². The largest absolute Gasteiger partial charge is 0.316 e. The maximum Gasteiger partial charge on any atom is 0.155 e. The maximum atomic E-state index is 12.4. The molecular formula is C17H35NO2S. The van der Waals surface area contributed by atoms with E-state index in [0.29, 0.717) is 11.7 Å². The summed E-state index contributed by atoms with van der Waals surface area (Å²) in [6.07, 6.45) is 6.98. The van der Waals surface area contributed by atoms with Crippen LogP contribution >= 0.6 is 0 Å². The van der Waals surface area contributed by atoms with Crippen molar-refractivity contribution in [1.82, 2.24) is 5.32 Å². The molecule has 0 heterocycles. The average Bonchev–Trinajstić information content (AvgIpc) is 2.36. The molecule has 21 heavy (non-hydrogen) atoms. The van der Waals surface area contributed by atoms with Gasteiger partial charge in [-0.2, -0.15) is 0 Å². The highest BCUT2D eigenvalue weighted by molar-refractivity contribution is 7.92. The maximum absolute atomic E-state index is 12.4. The van der Waals surface area contributed by atoms with E-state index in [0.717, 1.165) is 19.5 Å². The first-order valence-corrected chi connectivity index (χ1v) is 10.2. The highest BCUT2D eigenvalue weighted by atomic mass is 32.2. The molecule has 1 N–H and O–H groups in total. The second kappa shape index (κ2) is 7.45. The minimum atomic E-state index is -3.00. The second-order valence-corrected chi connectivity index (χ2v) is 11.1. The van der Waals surface area contributed by atoms with E-state index in [4.69, 9.17) is 0 Å². The Morgan fingerprint density at radius 3 is 2.14 bits per heavy atom. The number of sulfone groups is 1. The summed E-state index contributed by atoms with van der Waals surface area (Å²) >= 11 is 0. The van der Waals surface area contributed by atoms with Gasteiger partial charge in [0.25, 0.3) is 0 Å². The van der Waals surface area contributed by atoms with Crippen molar-refractivity contribution in [2.24, 2.45) is 11.3 Å². The van der Waals surface area contributed by atoms with Gasteiger partial charge >= 0.3 is 0 Å². The van der Waals surface area contributed by atoms with Gasteiger partial charge in [-0.15, -0.1) is 0 Å². The van der Waals surface area contributed by atoms with Gasteiger partial charge in [0, 0.05) is 6.54 Å². The topological polar surface area (TPSA) is 46.2 Å². The van der Waals surface area contributed by atoms with Crippen LogP contribution in [0.4, 0.5) is 0 Å². The molecule has 0 amide bonds. The summed E-state index contributed by atoms with van der Waals surface area (Å²) < 4.78 is 24.2. The van der Waals surface area contributed by atoms with E-state index in [1.807, 2.05) is 20.8 Å². The van der Waals surface area contributed by atoms with E-state index in [-0.39, 0.29) is 5.41 Å². The van der Waals surface area contributed by atoms with Crippen molar-refractivity contribution in [1.29, 1.82) is 0 Å². The number of nitrogens with one attached hydrogen (secondary N) is 1. The van der Waals surface area contributed by atoms with Gasteiger partial charge in [0.2, 0.25) is 0 Å². The van der Waals surface area contributed by atoms with Crippen molar-refractivity contribution in [2.75, 3.05) is 18.8 Å². The Bertz CT molecular complexity index is 401. The standard InChI is InChI=1S/C17H35NO2S/c1-15(2)13-18-14-17(9-7-6-8-10-17)11-12-21(19,20)16(3,4)5/h15,18H,6-14H2,1-5H3. The summed E-state index contributed by atoms with van der Waals surface area (Å²) in [5.41, 5.74) is 0.200. The Kier molecular flexibility index (Phi) is 6.73. The molecule has 0 aromatic carbocycles. The number of hydrogen-bond donors (Lipinski definition) is 1. The van der Waals surface area contributed by atoms with Crippen molar-refractivity contribution in [3.05, 3.63) is 0 Å². The molecule has 3 nitrogen and oxygen atoms in total. The fraction of sp³-hybridized carbons (Fsp3) is 1.00. The van der Waals surface area contributed by atoms with Crippen molar-refractivity contribution in [3.63, 3.8) is 0 Å². The molecule has 1 aliphatic carbocycles. The predicted octanol–water partition coefficient (Wildman–Crippen LogP) is 3.79. The van der Waals surface area contributed by atoms with Gasteiger partial charge in [0.15, 0.2) is 9.84 Å². The molecule has 4 heteroatoms. The zero-order chi connectivity index (χ0) is 16.1. The minimum Gasteiger partial charge on any atom is -0.316 e. The number of rotatable bonds is 7. The van der Waals surface area contributed by atoms with Gasteiger partial charge < -0.3 is 5.32 Å². The molecule has 0 atom stereocenters. The molecule has 0 bridgehead atoms. The monoisotopic (exact) mass is 317 g/mol. The molecule has 0 saturated heterocycles. The van der Waals surface area contributed by atoms with Crippen LogP contribution in [-0.2, 0) is 9.84 Å². The molecular weight excluding hydrogens is 282 g/mol. The van der Waals surface area contributed by atoms with Gasteiger partial charge in [0.05, 0.1) is 10.5 Å². The van der Waals surface area contributed by atoms with Gasteiger partial charge in [-0.3, -0.25) is 0 Å². The molecule has 0 unspecified atom stereocenters. The first-order valence-electron chi connectivity index (χ1n) is 8.51. The fourth-order valence-electron chi connectivity index (χ4n) is 3.10. The van der Waals surface area contributed by atoms with Crippen molar-refractivity contribution in [2.45, 2.75) is 77.9 Å². The zero-order valence-corrected chi connectivity index (χ0v) is 15.5. The van der Waals surface area contributed by atoms with Crippen LogP contribution in [0.2, 0.25) is 0 Å². The lowest BCUT2D eigenvalue weighted by Gasteiger charge is -2.38. The van der Waals surface area contributed by atoms with E-state index >= 15 is 0 Å². The normalized spacial score (nSPS) is 19.9. The van der Waals surface area contributed by atoms with E-state index < -0.39 is 14.6 Å². The molecule has 0 radical (unpaired) electrons. The smallest absolute Gasteiger partial charge is 0.155 e. The highest BCUT2D eigenvalue weighted by Crippen LogP contribution is 2.39. The van der Waals surface area contributed by atoms with Crippen LogP contribution in [0.15, 0.2) is 0 Å². The minimum absolute atomic E-state index is 0.200. The van der Waals surface area contributed by atoms with Gasteiger partial charge in [-0.1, -0.05) is 33.1 Å². The summed E-state index contributed by atoms with van der Waals surface area (Å²) in [6.45, 7) is 11.9. The summed E-state index contributed by atoms with van der Waals surface area (Å²) in [4.78, 5) is 0. The second-order valence-electron chi connectivity index (χ2n) is 8.27. The average molecular weight is 318 g/mol. The first-order chi connectivity index (χ1) is 9.58. The third-order valence-electron chi connectivity index (χ3n) is 4.80. The molecule has 0 spiro atoms. The van der Waals surface area contributed by atoms with Crippen LogP contribution in [0.3, 0.4) is 0 Å². The van der Waals surface area contributed by atoms with E-state index in [2.05, 4.69) is 19.2 Å². The Labute approximate surface area is 132 Å². The Hall–Kier alpha value is -0.0900. The first kappa shape index (κ1) is 19.0. The van der Waals surface area contributed by atoms with Crippen LogP contribution < -0.4 is 5.32 Å². The third kappa shape index (κ3) is 5.90. The van der Waals surface area contributed by atoms with Gasteiger partial charge in [0.1, 0.15) is 0 Å². The molecule has 1 saturated carbocycles. The van der Waals surface area contributed by atoms with Crippen LogP contribution in [0, 0.1) is 11.3 Å². The molecule has 1 rings (SSSR count). The summed E-state index contributed by atoms with van der Waals surface area (Å²) in [5, 5.41) is 3.58. The van der Waals surface area contributed by atoms with Gasteiger partial charge in [-0.05, 0) is 57.9 Å². The van der Waals surface area contributed by atoms with Crippen molar-refractivity contribution < 1.29 is 8.42 Å². The van der Waals surface area contributed by atoms with Crippen LogP contribution in [0.5, 0.6) is 0 Å². The van der Waals surface area contributed by atoms with Gasteiger partial charge in [-0.25, -0.2) is 8.42 Å².